The maximum Gasteiger partial charge on any atom is 0.189 e. The van der Waals surface area contributed by atoms with Crippen molar-refractivity contribution in [3.63, 3.8) is 0 Å². The minimum atomic E-state index is -0.905. The molecule has 0 saturated carbocycles. The maximum atomic E-state index is 11.3. The van der Waals surface area contributed by atoms with Crippen LogP contribution in [0.2, 0.25) is 0 Å². The number of aliphatic hydroxyl groups is 1. The molecule has 0 radical (unpaired) electrons. The van der Waals surface area contributed by atoms with Gasteiger partial charge in [0.15, 0.2) is 11.9 Å². The van der Waals surface area contributed by atoms with Crippen LogP contribution in [0.1, 0.15) is 45.4 Å². The zero-order valence-electron chi connectivity index (χ0n) is 12.3. The number of quaternary nitrogens is 1. The van der Waals surface area contributed by atoms with Crippen LogP contribution in [0.15, 0.2) is 12.7 Å². The molecule has 0 rings (SSSR count). The number of hydrogen-bond acceptors (Lipinski definition) is 2. The topological polar surface area (TPSA) is 37.3 Å². The molecule has 0 saturated heterocycles. The van der Waals surface area contributed by atoms with Gasteiger partial charge in [0.1, 0.15) is 6.54 Å². The molecule has 1 N–H and O–H groups in total. The van der Waals surface area contributed by atoms with Crippen LogP contribution in [0.4, 0.5) is 0 Å². The van der Waals surface area contributed by atoms with Crippen molar-refractivity contribution in [2.45, 2.75) is 51.6 Å². The number of aliphatic hydroxyl groups excluding tert-OH is 1. The minimum absolute atomic E-state index is 0.274. The molecule has 0 aromatic heterocycles. The van der Waals surface area contributed by atoms with Gasteiger partial charge >= 0.3 is 0 Å². The van der Waals surface area contributed by atoms with E-state index in [0.717, 1.165) is 13.0 Å². The second-order valence-electron chi connectivity index (χ2n) is 5.73. The molecule has 106 valence electrons. The Labute approximate surface area is 112 Å². The number of carbonyl (C=O) groups excluding carboxylic acids is 1. The Balaban J connectivity index is 3.79. The lowest BCUT2D eigenvalue weighted by molar-refractivity contribution is -0.892. The van der Waals surface area contributed by atoms with E-state index in [1.165, 1.54) is 38.2 Å². The summed E-state index contributed by atoms with van der Waals surface area (Å²) >= 11 is 0. The predicted molar refractivity (Wildman–Crippen MR) is 76.4 cm³/mol. The fourth-order valence-electron chi connectivity index (χ4n) is 2.11. The third-order valence-corrected chi connectivity index (χ3v) is 3.31. The molecule has 0 amide bonds. The van der Waals surface area contributed by atoms with Gasteiger partial charge < -0.3 is 9.59 Å². The average molecular weight is 256 g/mol. The highest BCUT2D eigenvalue weighted by atomic mass is 16.3. The standard InChI is InChI=1S/C15H30NO2/c1-5-7-8-9-10-11-12-16(3,4)13-15(18)14(17)6-2/h6,15,18H,2,5,7-13H2,1,3-4H3/q+1. The molecule has 1 atom stereocenters. The summed E-state index contributed by atoms with van der Waals surface area (Å²) in [5.74, 6) is -0.274. The number of carbonyl (C=O) groups is 1. The minimum Gasteiger partial charge on any atom is -0.379 e. The fraction of sp³-hybridized carbons (Fsp3) is 0.800. The molecule has 0 heterocycles. The molecule has 3 heteroatoms. The molecule has 0 aliphatic rings. The van der Waals surface area contributed by atoms with Crippen LogP contribution in [0.3, 0.4) is 0 Å². The van der Waals surface area contributed by atoms with E-state index in [2.05, 4.69) is 27.6 Å². The van der Waals surface area contributed by atoms with Crippen LogP contribution in [0.25, 0.3) is 0 Å². The molecule has 3 nitrogen and oxygen atoms in total. The van der Waals surface area contributed by atoms with Crippen LogP contribution in [-0.2, 0) is 4.79 Å². The van der Waals surface area contributed by atoms with E-state index in [0.29, 0.717) is 11.0 Å². The number of rotatable bonds is 11. The van der Waals surface area contributed by atoms with Crippen LogP contribution in [-0.4, -0.2) is 48.7 Å². The SMILES string of the molecule is C=CC(=O)C(O)C[N+](C)(C)CCCCCCCC. The molecular weight excluding hydrogens is 226 g/mol. The molecule has 0 aromatic carbocycles. The summed E-state index contributed by atoms with van der Waals surface area (Å²) in [5, 5.41) is 9.69. The first-order valence-electron chi connectivity index (χ1n) is 7.09. The molecule has 0 bridgehead atoms. The van der Waals surface area contributed by atoms with Crippen LogP contribution in [0, 0.1) is 0 Å². The molecule has 0 aliphatic carbocycles. The zero-order chi connectivity index (χ0) is 14.0. The molecular formula is C15H30NO2+. The molecule has 18 heavy (non-hydrogen) atoms. The van der Waals surface area contributed by atoms with Crippen molar-refractivity contribution in [2.75, 3.05) is 27.2 Å². The van der Waals surface area contributed by atoms with Gasteiger partial charge in [-0.2, -0.15) is 0 Å². The Hall–Kier alpha value is -0.670. The second kappa shape index (κ2) is 9.29. The maximum absolute atomic E-state index is 11.3. The highest BCUT2D eigenvalue weighted by Crippen LogP contribution is 2.09. The first-order chi connectivity index (χ1) is 8.43. The van der Waals surface area contributed by atoms with E-state index in [-0.39, 0.29) is 5.78 Å². The molecule has 0 fully saturated rings. The number of likely N-dealkylation sites (N-methyl/N-ethyl adjacent to an activating group) is 1. The number of nitrogens with zero attached hydrogens (tertiary/aromatic N) is 1. The van der Waals surface area contributed by atoms with E-state index < -0.39 is 6.10 Å². The Kier molecular flexibility index (Phi) is 8.94. The Morgan fingerprint density at radius 1 is 1.22 bits per heavy atom. The van der Waals surface area contributed by atoms with Gasteiger partial charge in [-0.25, -0.2) is 0 Å². The number of ketones is 1. The summed E-state index contributed by atoms with van der Waals surface area (Å²) in [6.07, 6.45) is 7.91. The van der Waals surface area contributed by atoms with Crippen molar-refractivity contribution < 1.29 is 14.4 Å². The Morgan fingerprint density at radius 3 is 2.33 bits per heavy atom. The first-order valence-corrected chi connectivity index (χ1v) is 7.09. The van der Waals surface area contributed by atoms with Crippen LogP contribution in [0.5, 0.6) is 0 Å². The van der Waals surface area contributed by atoms with Crippen molar-refractivity contribution >= 4 is 5.78 Å². The molecule has 0 spiro atoms. The molecule has 0 aliphatic heterocycles. The third-order valence-electron chi connectivity index (χ3n) is 3.31. The van der Waals surface area contributed by atoms with Crippen molar-refractivity contribution in [1.82, 2.24) is 0 Å². The summed E-state index contributed by atoms with van der Waals surface area (Å²) in [7, 11) is 4.12. The zero-order valence-corrected chi connectivity index (χ0v) is 12.3. The lowest BCUT2D eigenvalue weighted by Crippen LogP contribution is -2.47. The monoisotopic (exact) mass is 256 g/mol. The van der Waals surface area contributed by atoms with Crippen molar-refractivity contribution in [1.29, 1.82) is 0 Å². The smallest absolute Gasteiger partial charge is 0.189 e. The van der Waals surface area contributed by atoms with Gasteiger partial charge in [-0.3, -0.25) is 4.79 Å². The van der Waals surface area contributed by atoms with Gasteiger partial charge in [-0.05, 0) is 18.9 Å². The summed E-state index contributed by atoms with van der Waals surface area (Å²) in [6.45, 7) is 7.10. The largest absolute Gasteiger partial charge is 0.379 e. The van der Waals surface area contributed by atoms with Gasteiger partial charge in [0.2, 0.25) is 0 Å². The van der Waals surface area contributed by atoms with E-state index in [1.54, 1.807) is 0 Å². The average Bonchev–Trinajstić information content (AvgIpc) is 2.31. The summed E-state index contributed by atoms with van der Waals surface area (Å²) in [5.41, 5.74) is 0. The van der Waals surface area contributed by atoms with Crippen molar-refractivity contribution in [3.8, 4) is 0 Å². The number of hydrogen-bond donors (Lipinski definition) is 1. The predicted octanol–water partition coefficient (Wildman–Crippen LogP) is 2.54. The van der Waals surface area contributed by atoms with Crippen LogP contribution >= 0.6 is 0 Å². The summed E-state index contributed by atoms with van der Waals surface area (Å²) < 4.78 is 0.689. The van der Waals surface area contributed by atoms with Gasteiger partial charge in [0, 0.05) is 0 Å². The van der Waals surface area contributed by atoms with E-state index in [9.17, 15) is 9.90 Å². The molecule has 1 unspecified atom stereocenters. The van der Waals surface area contributed by atoms with E-state index in [4.69, 9.17) is 0 Å². The fourth-order valence-corrected chi connectivity index (χ4v) is 2.11. The van der Waals surface area contributed by atoms with E-state index in [1.807, 2.05) is 0 Å². The lowest BCUT2D eigenvalue weighted by atomic mass is 10.1. The lowest BCUT2D eigenvalue weighted by Gasteiger charge is -2.31. The van der Waals surface area contributed by atoms with Gasteiger partial charge in [-0.15, -0.1) is 0 Å². The third kappa shape index (κ3) is 8.43. The Bertz CT molecular complexity index is 249. The quantitative estimate of drug-likeness (QED) is 0.350. The summed E-state index contributed by atoms with van der Waals surface area (Å²) in [4.78, 5) is 11.3. The number of unbranched alkanes of at least 4 members (excludes halogenated alkanes) is 5. The van der Waals surface area contributed by atoms with Crippen LogP contribution < -0.4 is 0 Å². The van der Waals surface area contributed by atoms with Gasteiger partial charge in [-0.1, -0.05) is 39.2 Å². The molecule has 0 aromatic rings. The van der Waals surface area contributed by atoms with Crippen molar-refractivity contribution in [2.24, 2.45) is 0 Å². The summed E-state index contributed by atoms with van der Waals surface area (Å²) in [6, 6.07) is 0. The highest BCUT2D eigenvalue weighted by molar-refractivity contribution is 5.92. The normalized spacial score (nSPS) is 13.3. The van der Waals surface area contributed by atoms with E-state index >= 15 is 0 Å². The highest BCUT2D eigenvalue weighted by Gasteiger charge is 2.23. The van der Waals surface area contributed by atoms with Gasteiger partial charge in [0.05, 0.1) is 20.6 Å². The first kappa shape index (κ1) is 17.3. The van der Waals surface area contributed by atoms with Gasteiger partial charge in [0.25, 0.3) is 0 Å². The van der Waals surface area contributed by atoms with Crippen molar-refractivity contribution in [3.05, 3.63) is 12.7 Å². The second-order valence-corrected chi connectivity index (χ2v) is 5.73. The Morgan fingerprint density at radius 2 is 1.78 bits per heavy atom.